The first-order chi connectivity index (χ1) is 12.0. The van der Waals surface area contributed by atoms with E-state index in [0.717, 1.165) is 11.1 Å². The summed E-state index contributed by atoms with van der Waals surface area (Å²) in [6, 6.07) is 9.32. The number of likely N-dealkylation sites (tertiary alicyclic amines) is 1. The van der Waals surface area contributed by atoms with Gasteiger partial charge in [-0.3, -0.25) is 14.6 Å². The predicted molar refractivity (Wildman–Crippen MR) is 90.7 cm³/mol. The van der Waals surface area contributed by atoms with E-state index in [1.165, 1.54) is 12.1 Å². The fourth-order valence-corrected chi connectivity index (χ4v) is 3.33. The van der Waals surface area contributed by atoms with E-state index in [0.29, 0.717) is 6.54 Å². The molecule has 2 amide bonds. The molecule has 0 bridgehead atoms. The quantitative estimate of drug-likeness (QED) is 0.858. The number of amides is 2. The van der Waals surface area contributed by atoms with Gasteiger partial charge in [0.2, 0.25) is 11.8 Å². The molecule has 1 aromatic carbocycles. The number of nitrogens with zero attached hydrogens (tertiary/aromatic N) is 3. The van der Waals surface area contributed by atoms with Crippen molar-refractivity contribution >= 4 is 11.8 Å². The van der Waals surface area contributed by atoms with Crippen LogP contribution in [-0.4, -0.2) is 40.7 Å². The number of carbonyl (C=O) groups is 2. The van der Waals surface area contributed by atoms with Crippen LogP contribution in [0.3, 0.4) is 0 Å². The number of halogens is 1. The Kier molecular flexibility index (Phi) is 4.79. The molecule has 0 N–H and O–H groups in total. The Morgan fingerprint density at radius 3 is 2.52 bits per heavy atom. The second kappa shape index (κ2) is 7.01. The second-order valence-corrected chi connectivity index (χ2v) is 6.36. The Hall–Kier alpha value is -2.76. The third kappa shape index (κ3) is 3.52. The molecule has 1 fully saturated rings. The van der Waals surface area contributed by atoms with Crippen molar-refractivity contribution in [3.63, 3.8) is 0 Å². The van der Waals surface area contributed by atoms with E-state index in [-0.39, 0.29) is 30.1 Å². The van der Waals surface area contributed by atoms with Crippen LogP contribution in [0, 0.1) is 11.7 Å². The number of hydrogen-bond donors (Lipinski definition) is 0. The number of aromatic nitrogens is 1. The van der Waals surface area contributed by atoms with Crippen molar-refractivity contribution in [1.29, 1.82) is 0 Å². The third-order valence-electron chi connectivity index (χ3n) is 4.66. The summed E-state index contributed by atoms with van der Waals surface area (Å²) >= 11 is 0. The van der Waals surface area contributed by atoms with Crippen LogP contribution in [-0.2, 0) is 16.1 Å². The second-order valence-electron chi connectivity index (χ2n) is 6.36. The fourth-order valence-electron chi connectivity index (χ4n) is 3.33. The van der Waals surface area contributed by atoms with Crippen LogP contribution in [0.4, 0.5) is 4.39 Å². The van der Waals surface area contributed by atoms with Gasteiger partial charge in [0.1, 0.15) is 5.82 Å². The zero-order valence-electron chi connectivity index (χ0n) is 14.2. The number of carbonyl (C=O) groups excluding carboxylic acids is 2. The molecule has 130 valence electrons. The topological polar surface area (TPSA) is 53.5 Å². The van der Waals surface area contributed by atoms with Crippen LogP contribution in [0.1, 0.15) is 23.6 Å². The molecule has 1 aliphatic heterocycles. The SMILES string of the molecule is CN(Cc1ccncc1)C(=O)C1CC(=O)N(C)C1c1ccc(F)cc1. The highest BCUT2D eigenvalue weighted by Gasteiger charge is 2.43. The lowest BCUT2D eigenvalue weighted by atomic mass is 9.92. The summed E-state index contributed by atoms with van der Waals surface area (Å²) in [4.78, 5) is 32.3. The molecule has 0 radical (unpaired) electrons. The largest absolute Gasteiger partial charge is 0.341 e. The Bertz CT molecular complexity index is 764. The molecule has 6 heteroatoms. The highest BCUT2D eigenvalue weighted by Crippen LogP contribution is 2.38. The van der Waals surface area contributed by atoms with E-state index in [4.69, 9.17) is 0 Å². The summed E-state index contributed by atoms with van der Waals surface area (Å²) in [6.45, 7) is 0.450. The van der Waals surface area contributed by atoms with Crippen LogP contribution < -0.4 is 0 Å². The Balaban J connectivity index is 1.81. The van der Waals surface area contributed by atoms with Crippen molar-refractivity contribution in [1.82, 2.24) is 14.8 Å². The van der Waals surface area contributed by atoms with Gasteiger partial charge in [-0.2, -0.15) is 0 Å². The smallest absolute Gasteiger partial charge is 0.228 e. The maximum Gasteiger partial charge on any atom is 0.228 e. The van der Waals surface area contributed by atoms with Crippen LogP contribution in [0.25, 0.3) is 0 Å². The first-order valence-electron chi connectivity index (χ1n) is 8.12. The van der Waals surface area contributed by atoms with E-state index in [1.54, 1.807) is 48.4 Å². The maximum absolute atomic E-state index is 13.2. The zero-order valence-corrected chi connectivity index (χ0v) is 14.2. The first kappa shape index (κ1) is 17.1. The molecule has 0 aliphatic carbocycles. The molecule has 2 atom stereocenters. The van der Waals surface area contributed by atoms with Crippen molar-refractivity contribution in [3.8, 4) is 0 Å². The minimum atomic E-state index is -0.477. The highest BCUT2D eigenvalue weighted by atomic mass is 19.1. The Morgan fingerprint density at radius 2 is 1.88 bits per heavy atom. The van der Waals surface area contributed by atoms with Gasteiger partial charge in [0.15, 0.2) is 0 Å². The molecule has 5 nitrogen and oxygen atoms in total. The lowest BCUT2D eigenvalue weighted by Gasteiger charge is -2.28. The maximum atomic E-state index is 13.2. The molecule has 0 spiro atoms. The third-order valence-corrected chi connectivity index (χ3v) is 4.66. The molecule has 1 aromatic heterocycles. The van der Waals surface area contributed by atoms with Gasteiger partial charge in [-0.1, -0.05) is 12.1 Å². The van der Waals surface area contributed by atoms with Crippen LogP contribution in [0.5, 0.6) is 0 Å². The van der Waals surface area contributed by atoms with Gasteiger partial charge >= 0.3 is 0 Å². The van der Waals surface area contributed by atoms with Crippen molar-refractivity contribution in [2.45, 2.75) is 19.0 Å². The van der Waals surface area contributed by atoms with Crippen LogP contribution >= 0.6 is 0 Å². The van der Waals surface area contributed by atoms with Crippen molar-refractivity contribution < 1.29 is 14.0 Å². The van der Waals surface area contributed by atoms with E-state index >= 15 is 0 Å². The Labute approximate surface area is 146 Å². The molecule has 25 heavy (non-hydrogen) atoms. The van der Waals surface area contributed by atoms with Crippen molar-refractivity contribution in [3.05, 3.63) is 65.7 Å². The molecule has 3 rings (SSSR count). The lowest BCUT2D eigenvalue weighted by molar-refractivity contribution is -0.135. The van der Waals surface area contributed by atoms with Gasteiger partial charge in [-0.25, -0.2) is 4.39 Å². The van der Waals surface area contributed by atoms with Gasteiger partial charge in [-0.05, 0) is 35.4 Å². The first-order valence-corrected chi connectivity index (χ1v) is 8.12. The molecule has 1 saturated heterocycles. The van der Waals surface area contributed by atoms with Gasteiger partial charge in [0.05, 0.1) is 12.0 Å². The molecule has 2 heterocycles. The minimum absolute atomic E-state index is 0.0787. The fraction of sp³-hybridized carbons (Fsp3) is 0.316. The van der Waals surface area contributed by atoms with Gasteiger partial charge < -0.3 is 9.80 Å². The van der Waals surface area contributed by atoms with Crippen molar-refractivity contribution in [2.75, 3.05) is 14.1 Å². The van der Waals surface area contributed by atoms with E-state index in [2.05, 4.69) is 4.98 Å². The van der Waals surface area contributed by atoms with Gasteiger partial charge in [0.25, 0.3) is 0 Å². The Morgan fingerprint density at radius 1 is 1.24 bits per heavy atom. The molecule has 1 aliphatic rings. The van der Waals surface area contributed by atoms with E-state index in [9.17, 15) is 14.0 Å². The minimum Gasteiger partial charge on any atom is -0.341 e. The monoisotopic (exact) mass is 341 g/mol. The predicted octanol–water partition coefficient (Wildman–Crippen LogP) is 2.40. The van der Waals surface area contributed by atoms with E-state index in [1.807, 2.05) is 12.1 Å². The zero-order chi connectivity index (χ0) is 18.0. The number of pyridine rings is 1. The average Bonchev–Trinajstić information content (AvgIpc) is 2.91. The number of rotatable bonds is 4. The number of benzene rings is 1. The lowest BCUT2D eigenvalue weighted by Crippen LogP contribution is -2.35. The van der Waals surface area contributed by atoms with Gasteiger partial charge in [-0.15, -0.1) is 0 Å². The summed E-state index contributed by atoms with van der Waals surface area (Å²) in [5.74, 6) is -0.989. The summed E-state index contributed by atoms with van der Waals surface area (Å²) in [5.41, 5.74) is 1.74. The molecule has 0 saturated carbocycles. The van der Waals surface area contributed by atoms with Crippen molar-refractivity contribution in [2.24, 2.45) is 5.92 Å². The molecular weight excluding hydrogens is 321 g/mol. The summed E-state index contributed by atoms with van der Waals surface area (Å²) in [5, 5.41) is 0. The highest BCUT2D eigenvalue weighted by molar-refractivity contribution is 5.90. The average molecular weight is 341 g/mol. The summed E-state index contributed by atoms with van der Waals surface area (Å²) in [7, 11) is 3.42. The normalized spacial score (nSPS) is 20.0. The summed E-state index contributed by atoms with van der Waals surface area (Å²) in [6.07, 6.45) is 3.53. The van der Waals surface area contributed by atoms with Crippen LogP contribution in [0.2, 0.25) is 0 Å². The summed E-state index contributed by atoms with van der Waals surface area (Å²) < 4.78 is 13.2. The van der Waals surface area contributed by atoms with Gasteiger partial charge in [0, 0.05) is 39.5 Å². The standard InChI is InChI=1S/C19H20FN3O2/c1-22(12-13-7-9-21-10-8-13)19(25)16-11-17(24)23(2)18(16)14-3-5-15(20)6-4-14/h3-10,16,18H,11-12H2,1-2H3. The molecular formula is C19H20FN3O2. The molecule has 2 aromatic rings. The van der Waals surface area contributed by atoms with Crippen LogP contribution in [0.15, 0.2) is 48.8 Å². The number of hydrogen-bond acceptors (Lipinski definition) is 3. The molecule has 2 unspecified atom stereocenters. The van der Waals surface area contributed by atoms with E-state index < -0.39 is 5.92 Å².